The van der Waals surface area contributed by atoms with Crippen LogP contribution in [0.2, 0.25) is 0 Å². The molecule has 1 aromatic carbocycles. The Morgan fingerprint density at radius 1 is 1.24 bits per heavy atom. The average Bonchev–Trinajstić information content (AvgIpc) is 2.46. The lowest BCUT2D eigenvalue weighted by Crippen LogP contribution is -2.15. The average molecular weight is 257 g/mol. The topological polar surface area (TPSA) is 38.4 Å². The summed E-state index contributed by atoms with van der Waals surface area (Å²) in [5.74, 6) is 0.581. The monoisotopic (exact) mass is 256 g/mol. The number of nitrogens with two attached hydrogens (primary N) is 1. The third-order valence-corrected chi connectivity index (χ3v) is 2.95. The highest BCUT2D eigenvalue weighted by Crippen LogP contribution is 2.16. The molecule has 0 saturated carbocycles. The van der Waals surface area contributed by atoms with Crippen molar-refractivity contribution in [3.8, 4) is 0 Å². The molecule has 0 spiro atoms. The number of hydrogen-bond acceptors (Lipinski definition) is 2. The van der Waals surface area contributed by atoms with E-state index in [-0.39, 0.29) is 24.3 Å². The van der Waals surface area contributed by atoms with Gasteiger partial charge in [0.1, 0.15) is 5.82 Å². The van der Waals surface area contributed by atoms with E-state index < -0.39 is 0 Å². The summed E-state index contributed by atoms with van der Waals surface area (Å²) in [5, 5.41) is 0. The largest absolute Gasteiger partial charge is 0.387 e. The summed E-state index contributed by atoms with van der Waals surface area (Å²) in [6.07, 6.45) is 5.17. The van der Waals surface area contributed by atoms with Crippen LogP contribution in [0.5, 0.6) is 0 Å². The molecule has 4 heteroatoms. The summed E-state index contributed by atoms with van der Waals surface area (Å²) in [4.78, 5) is 4.49. The molecule has 17 heavy (non-hydrogen) atoms. The van der Waals surface area contributed by atoms with Gasteiger partial charge in [0.15, 0.2) is 0 Å². The van der Waals surface area contributed by atoms with Crippen molar-refractivity contribution in [3.63, 3.8) is 0 Å². The maximum Gasteiger partial charge on any atom is 0.123 e. The molecule has 0 aromatic heterocycles. The van der Waals surface area contributed by atoms with Crippen LogP contribution < -0.4 is 5.73 Å². The van der Waals surface area contributed by atoms with E-state index in [4.69, 9.17) is 5.73 Å². The summed E-state index contributed by atoms with van der Waals surface area (Å²) in [5.41, 5.74) is 6.92. The minimum Gasteiger partial charge on any atom is -0.387 e. The molecule has 0 radical (unpaired) electrons. The van der Waals surface area contributed by atoms with Gasteiger partial charge in [0.05, 0.1) is 11.9 Å². The SMILES string of the molecule is Cl.NC1=NC(Cc2ccc(F)cc2)CCCC1. The second kappa shape index (κ2) is 6.60. The van der Waals surface area contributed by atoms with Crippen LogP contribution in [0.15, 0.2) is 29.3 Å². The molecule has 2 rings (SSSR count). The van der Waals surface area contributed by atoms with Gasteiger partial charge in [-0.1, -0.05) is 18.6 Å². The van der Waals surface area contributed by atoms with Gasteiger partial charge in [0.25, 0.3) is 0 Å². The van der Waals surface area contributed by atoms with Gasteiger partial charge in [-0.3, -0.25) is 4.99 Å². The Kier molecular flexibility index (Phi) is 5.42. The van der Waals surface area contributed by atoms with E-state index in [0.29, 0.717) is 0 Å². The second-order valence-corrected chi connectivity index (χ2v) is 4.35. The zero-order chi connectivity index (χ0) is 11.4. The van der Waals surface area contributed by atoms with Gasteiger partial charge in [-0.05, 0) is 37.0 Å². The summed E-state index contributed by atoms with van der Waals surface area (Å²) < 4.78 is 12.7. The summed E-state index contributed by atoms with van der Waals surface area (Å²) in [6, 6.07) is 6.92. The van der Waals surface area contributed by atoms with Crippen molar-refractivity contribution >= 4 is 18.2 Å². The first kappa shape index (κ1) is 14.0. The smallest absolute Gasteiger partial charge is 0.123 e. The normalized spacial score (nSPS) is 20.1. The van der Waals surface area contributed by atoms with Crippen molar-refractivity contribution in [1.29, 1.82) is 0 Å². The summed E-state index contributed by atoms with van der Waals surface area (Å²) in [6.45, 7) is 0. The third-order valence-electron chi connectivity index (χ3n) is 2.95. The van der Waals surface area contributed by atoms with Gasteiger partial charge in [-0.15, -0.1) is 12.4 Å². The molecular formula is C13H18ClFN2. The minimum absolute atomic E-state index is 0. The van der Waals surface area contributed by atoms with Crippen LogP contribution >= 0.6 is 12.4 Å². The van der Waals surface area contributed by atoms with E-state index in [0.717, 1.165) is 37.1 Å². The second-order valence-electron chi connectivity index (χ2n) is 4.35. The summed E-state index contributed by atoms with van der Waals surface area (Å²) >= 11 is 0. The predicted molar refractivity (Wildman–Crippen MR) is 71.2 cm³/mol. The molecule has 2 N–H and O–H groups in total. The van der Waals surface area contributed by atoms with Gasteiger partial charge in [-0.2, -0.15) is 0 Å². The first-order valence-electron chi connectivity index (χ1n) is 5.80. The fraction of sp³-hybridized carbons (Fsp3) is 0.462. The highest BCUT2D eigenvalue weighted by atomic mass is 35.5. The number of halogens is 2. The maximum absolute atomic E-state index is 12.7. The number of amidine groups is 1. The number of rotatable bonds is 2. The van der Waals surface area contributed by atoms with E-state index in [2.05, 4.69) is 4.99 Å². The van der Waals surface area contributed by atoms with Gasteiger partial charge < -0.3 is 5.73 Å². The Hall–Kier alpha value is -1.09. The van der Waals surface area contributed by atoms with Gasteiger partial charge in [-0.25, -0.2) is 4.39 Å². The van der Waals surface area contributed by atoms with Crippen LogP contribution in [0.4, 0.5) is 4.39 Å². The Morgan fingerprint density at radius 2 is 1.94 bits per heavy atom. The highest BCUT2D eigenvalue weighted by molar-refractivity contribution is 5.85. The van der Waals surface area contributed by atoms with Crippen LogP contribution in [0, 0.1) is 5.82 Å². The number of hydrogen-bond donors (Lipinski definition) is 1. The van der Waals surface area contributed by atoms with Crippen molar-refractivity contribution in [2.45, 2.75) is 38.1 Å². The molecule has 0 saturated heterocycles. The lowest BCUT2D eigenvalue weighted by molar-refractivity contribution is 0.585. The van der Waals surface area contributed by atoms with Gasteiger partial charge in [0.2, 0.25) is 0 Å². The van der Waals surface area contributed by atoms with Crippen LogP contribution in [0.1, 0.15) is 31.2 Å². The Bertz CT molecular complexity index is 376. The van der Waals surface area contributed by atoms with Crippen molar-refractivity contribution in [2.24, 2.45) is 10.7 Å². The maximum atomic E-state index is 12.7. The van der Waals surface area contributed by atoms with E-state index in [1.54, 1.807) is 0 Å². The zero-order valence-electron chi connectivity index (χ0n) is 9.73. The van der Waals surface area contributed by atoms with E-state index >= 15 is 0 Å². The molecule has 1 aliphatic rings. The van der Waals surface area contributed by atoms with E-state index in [1.807, 2.05) is 12.1 Å². The first-order valence-corrected chi connectivity index (χ1v) is 5.80. The fourth-order valence-corrected chi connectivity index (χ4v) is 2.09. The Morgan fingerprint density at radius 3 is 2.65 bits per heavy atom. The molecule has 94 valence electrons. The Labute approximate surface area is 108 Å². The van der Waals surface area contributed by atoms with Crippen molar-refractivity contribution < 1.29 is 4.39 Å². The van der Waals surface area contributed by atoms with Crippen LogP contribution in [-0.4, -0.2) is 11.9 Å². The van der Waals surface area contributed by atoms with Crippen LogP contribution in [0.3, 0.4) is 0 Å². The van der Waals surface area contributed by atoms with E-state index in [9.17, 15) is 4.39 Å². The molecule has 0 fully saturated rings. The minimum atomic E-state index is -0.187. The Balaban J connectivity index is 0.00000144. The van der Waals surface area contributed by atoms with E-state index in [1.165, 1.54) is 18.6 Å². The zero-order valence-corrected chi connectivity index (χ0v) is 10.5. The van der Waals surface area contributed by atoms with Gasteiger partial charge in [0, 0.05) is 6.42 Å². The molecule has 2 nitrogen and oxygen atoms in total. The highest BCUT2D eigenvalue weighted by Gasteiger charge is 2.12. The van der Waals surface area contributed by atoms with Gasteiger partial charge >= 0.3 is 0 Å². The quantitative estimate of drug-likeness (QED) is 0.868. The van der Waals surface area contributed by atoms with Crippen LogP contribution in [0.25, 0.3) is 0 Å². The molecule has 0 aliphatic carbocycles. The number of nitrogens with zero attached hydrogens (tertiary/aromatic N) is 1. The first-order chi connectivity index (χ1) is 7.74. The number of aliphatic imine (C=N–C) groups is 1. The lowest BCUT2D eigenvalue weighted by Gasteiger charge is -2.10. The van der Waals surface area contributed by atoms with Crippen molar-refractivity contribution in [3.05, 3.63) is 35.6 Å². The van der Waals surface area contributed by atoms with Crippen molar-refractivity contribution in [2.75, 3.05) is 0 Å². The molecule has 1 aliphatic heterocycles. The van der Waals surface area contributed by atoms with Crippen molar-refractivity contribution in [1.82, 2.24) is 0 Å². The number of benzene rings is 1. The molecular weight excluding hydrogens is 239 g/mol. The summed E-state index contributed by atoms with van der Waals surface area (Å²) in [7, 11) is 0. The molecule has 1 heterocycles. The molecule has 1 aromatic rings. The molecule has 1 unspecified atom stereocenters. The fourth-order valence-electron chi connectivity index (χ4n) is 2.09. The standard InChI is InChI=1S/C13H17FN2.ClH/c14-11-7-5-10(6-8-11)9-12-3-1-2-4-13(15)16-12;/h5-8,12H,1-4,9H2,(H2,15,16);1H. The third kappa shape index (κ3) is 4.35. The molecule has 0 bridgehead atoms. The lowest BCUT2D eigenvalue weighted by atomic mass is 10.0. The predicted octanol–water partition coefficient (Wildman–Crippen LogP) is 3.09. The van der Waals surface area contributed by atoms with Crippen LogP contribution in [-0.2, 0) is 6.42 Å². The molecule has 0 amide bonds. The molecule has 1 atom stereocenters.